The number of hydrogen-bond acceptors (Lipinski definition) is 2. The first-order valence-corrected chi connectivity index (χ1v) is 3.76. The van der Waals surface area contributed by atoms with Gasteiger partial charge in [-0.3, -0.25) is 0 Å². The summed E-state index contributed by atoms with van der Waals surface area (Å²) >= 11 is 3.27. The Bertz CT molecular complexity index is 306. The highest BCUT2D eigenvalue weighted by Gasteiger charge is 2.08. The van der Waals surface area contributed by atoms with E-state index in [1.54, 1.807) is 25.3 Å². The van der Waals surface area contributed by atoms with E-state index in [0.29, 0.717) is 11.4 Å². The van der Waals surface area contributed by atoms with Crippen LogP contribution in [0.15, 0.2) is 22.7 Å². The highest BCUT2D eigenvalue weighted by atomic mass is 79.9. The van der Waals surface area contributed by atoms with E-state index in [2.05, 4.69) is 20.9 Å². The van der Waals surface area contributed by atoms with Crippen molar-refractivity contribution in [3.05, 3.63) is 27.6 Å². The molecule has 11 heavy (non-hydrogen) atoms. The number of ether oxygens (including phenoxy) is 1. The SMILES string of the molecule is COc1cc([N+]#N)ccc1Br. The summed E-state index contributed by atoms with van der Waals surface area (Å²) in [6, 6.07) is 5.06. The van der Waals surface area contributed by atoms with Gasteiger partial charge in [-0.25, -0.2) is 0 Å². The first-order chi connectivity index (χ1) is 5.27. The lowest BCUT2D eigenvalue weighted by atomic mass is 10.3. The minimum atomic E-state index is 0.477. The van der Waals surface area contributed by atoms with Crippen LogP contribution in [0, 0.1) is 5.39 Å². The summed E-state index contributed by atoms with van der Waals surface area (Å²) in [6.07, 6.45) is 0. The third-order valence-electron chi connectivity index (χ3n) is 1.25. The molecule has 1 aromatic rings. The van der Waals surface area contributed by atoms with Gasteiger partial charge in [0.15, 0.2) is 4.98 Å². The van der Waals surface area contributed by atoms with Gasteiger partial charge in [-0.2, -0.15) is 0 Å². The van der Waals surface area contributed by atoms with E-state index in [-0.39, 0.29) is 0 Å². The van der Waals surface area contributed by atoms with Gasteiger partial charge in [0.05, 0.1) is 17.6 Å². The van der Waals surface area contributed by atoms with Crippen molar-refractivity contribution in [1.82, 2.24) is 0 Å². The molecule has 56 valence electrons. The molecule has 3 nitrogen and oxygen atoms in total. The van der Waals surface area contributed by atoms with E-state index in [4.69, 9.17) is 10.1 Å². The second-order valence-electron chi connectivity index (χ2n) is 1.92. The van der Waals surface area contributed by atoms with Crippen LogP contribution < -0.4 is 4.74 Å². The highest BCUT2D eigenvalue weighted by molar-refractivity contribution is 9.10. The molecule has 0 unspecified atom stereocenters. The van der Waals surface area contributed by atoms with Gasteiger partial charge < -0.3 is 4.74 Å². The van der Waals surface area contributed by atoms with Crippen molar-refractivity contribution in [1.29, 1.82) is 5.39 Å². The number of benzene rings is 1. The van der Waals surface area contributed by atoms with Crippen LogP contribution in [-0.2, 0) is 0 Å². The van der Waals surface area contributed by atoms with Crippen molar-refractivity contribution in [2.24, 2.45) is 0 Å². The van der Waals surface area contributed by atoms with Crippen LogP contribution >= 0.6 is 15.9 Å². The van der Waals surface area contributed by atoms with Gasteiger partial charge in [-0.1, -0.05) is 0 Å². The van der Waals surface area contributed by atoms with Crippen molar-refractivity contribution in [2.75, 3.05) is 7.11 Å². The molecule has 0 atom stereocenters. The van der Waals surface area contributed by atoms with E-state index >= 15 is 0 Å². The zero-order valence-electron chi connectivity index (χ0n) is 5.91. The molecule has 0 spiro atoms. The van der Waals surface area contributed by atoms with Crippen LogP contribution in [0.1, 0.15) is 0 Å². The van der Waals surface area contributed by atoms with Crippen molar-refractivity contribution >= 4 is 21.6 Å². The molecule has 0 amide bonds. The lowest BCUT2D eigenvalue weighted by molar-refractivity contribution is 0.412. The zero-order chi connectivity index (χ0) is 8.27. The van der Waals surface area contributed by atoms with E-state index < -0.39 is 0 Å². The van der Waals surface area contributed by atoms with Crippen LogP contribution in [0.2, 0.25) is 0 Å². The summed E-state index contributed by atoms with van der Waals surface area (Å²) in [5.74, 6) is 0.653. The van der Waals surface area contributed by atoms with E-state index in [1.165, 1.54) is 0 Å². The van der Waals surface area contributed by atoms with Gasteiger partial charge in [0.1, 0.15) is 5.75 Å². The maximum Gasteiger partial charge on any atom is 0.388 e. The Morgan fingerprint density at radius 1 is 1.55 bits per heavy atom. The summed E-state index contributed by atoms with van der Waals surface area (Å²) in [6.45, 7) is 0. The maximum absolute atomic E-state index is 8.40. The molecule has 0 aliphatic heterocycles. The number of hydrogen-bond donors (Lipinski definition) is 0. The first kappa shape index (κ1) is 8.02. The van der Waals surface area contributed by atoms with E-state index in [1.807, 2.05) is 0 Å². The number of nitrogens with zero attached hydrogens (tertiary/aromatic N) is 2. The van der Waals surface area contributed by atoms with Gasteiger partial charge in [0.2, 0.25) is 5.39 Å². The fourth-order valence-electron chi connectivity index (χ4n) is 0.711. The van der Waals surface area contributed by atoms with Crippen molar-refractivity contribution in [3.8, 4) is 5.75 Å². The molecule has 0 aromatic heterocycles. The molecule has 0 aliphatic carbocycles. The number of diazo groups is 1. The van der Waals surface area contributed by atoms with Gasteiger partial charge in [0, 0.05) is 6.07 Å². The lowest BCUT2D eigenvalue weighted by Crippen LogP contribution is -1.82. The number of rotatable bonds is 1. The summed E-state index contributed by atoms with van der Waals surface area (Å²) in [7, 11) is 1.56. The fourth-order valence-corrected chi connectivity index (χ4v) is 1.12. The molecule has 0 fully saturated rings. The van der Waals surface area contributed by atoms with E-state index in [0.717, 1.165) is 4.47 Å². The molecular weight excluding hydrogens is 208 g/mol. The topological polar surface area (TPSA) is 37.4 Å². The number of methoxy groups -OCH3 is 1. The third kappa shape index (κ3) is 1.69. The highest BCUT2D eigenvalue weighted by Crippen LogP contribution is 2.28. The van der Waals surface area contributed by atoms with Gasteiger partial charge in [-0.05, 0) is 22.0 Å². The molecule has 1 rings (SSSR count). The Morgan fingerprint density at radius 3 is 2.82 bits per heavy atom. The molecule has 0 saturated heterocycles. The summed E-state index contributed by atoms with van der Waals surface area (Å²) < 4.78 is 5.81. The Balaban J connectivity index is 3.15. The van der Waals surface area contributed by atoms with Crippen LogP contribution in [0.25, 0.3) is 4.98 Å². The zero-order valence-corrected chi connectivity index (χ0v) is 7.50. The standard InChI is InChI=1S/C7H6BrN2O/c1-11-7-4-5(10-9)2-3-6(7)8/h2-4H,1H3/q+1. The molecule has 0 saturated carbocycles. The monoisotopic (exact) mass is 213 g/mol. The largest absolute Gasteiger partial charge is 0.495 e. The Labute approximate surface area is 72.7 Å². The minimum Gasteiger partial charge on any atom is -0.495 e. The quantitative estimate of drug-likeness (QED) is 0.674. The van der Waals surface area contributed by atoms with Crippen LogP contribution in [0.3, 0.4) is 0 Å². The second kappa shape index (κ2) is 3.35. The van der Waals surface area contributed by atoms with Gasteiger partial charge >= 0.3 is 5.69 Å². The first-order valence-electron chi connectivity index (χ1n) is 2.96. The average molecular weight is 214 g/mol. The van der Waals surface area contributed by atoms with Crippen molar-refractivity contribution < 1.29 is 4.74 Å². The molecule has 1 aromatic carbocycles. The Hall–Kier alpha value is -1.08. The average Bonchev–Trinajstić information content (AvgIpc) is 2.05. The predicted octanol–water partition coefficient (Wildman–Crippen LogP) is 2.94. The summed E-state index contributed by atoms with van der Waals surface area (Å²) in [5.41, 5.74) is 0.477. The smallest absolute Gasteiger partial charge is 0.388 e. The van der Waals surface area contributed by atoms with Crippen LogP contribution in [0.4, 0.5) is 5.69 Å². The molecular formula is C7H6BrN2O+. The van der Waals surface area contributed by atoms with Gasteiger partial charge in [0.25, 0.3) is 0 Å². The maximum atomic E-state index is 8.40. The molecule has 0 bridgehead atoms. The van der Waals surface area contributed by atoms with Crippen molar-refractivity contribution in [2.45, 2.75) is 0 Å². The van der Waals surface area contributed by atoms with Gasteiger partial charge in [-0.15, -0.1) is 0 Å². The minimum absolute atomic E-state index is 0.477. The third-order valence-corrected chi connectivity index (χ3v) is 1.91. The second-order valence-corrected chi connectivity index (χ2v) is 2.77. The van der Waals surface area contributed by atoms with Crippen LogP contribution in [-0.4, -0.2) is 7.11 Å². The molecule has 4 heteroatoms. The Morgan fingerprint density at radius 2 is 2.27 bits per heavy atom. The van der Waals surface area contributed by atoms with E-state index in [9.17, 15) is 0 Å². The summed E-state index contributed by atoms with van der Waals surface area (Å²) in [4.78, 5) is 3.02. The molecule has 0 heterocycles. The molecule has 0 radical (unpaired) electrons. The summed E-state index contributed by atoms with van der Waals surface area (Å²) in [5, 5.41) is 8.40. The molecule has 0 aliphatic rings. The lowest BCUT2D eigenvalue weighted by Gasteiger charge is -1.97. The Kier molecular flexibility index (Phi) is 2.44. The normalized spacial score (nSPS) is 8.82. The van der Waals surface area contributed by atoms with Crippen LogP contribution in [0.5, 0.6) is 5.75 Å². The fraction of sp³-hybridized carbons (Fsp3) is 0.143. The number of halogens is 1. The van der Waals surface area contributed by atoms with Crippen molar-refractivity contribution in [3.63, 3.8) is 0 Å². The molecule has 0 N–H and O–H groups in total. The predicted molar refractivity (Wildman–Crippen MR) is 45.4 cm³/mol.